The molecular weight excluding hydrogens is 192 g/mol. The summed E-state index contributed by atoms with van der Waals surface area (Å²) in [6, 6.07) is 7.66. The second-order valence-electron chi connectivity index (χ2n) is 4.07. The van der Waals surface area contributed by atoms with Gasteiger partial charge in [0, 0.05) is 25.3 Å². The molecule has 1 fully saturated rings. The van der Waals surface area contributed by atoms with Crippen LogP contribution in [0.4, 0.5) is 5.69 Å². The number of benzene rings is 1. The molecule has 1 saturated heterocycles. The molecule has 0 bridgehead atoms. The Kier molecular flexibility index (Phi) is 2.90. The molecule has 1 aliphatic rings. The van der Waals surface area contributed by atoms with Gasteiger partial charge in [0.15, 0.2) is 0 Å². The van der Waals surface area contributed by atoms with E-state index in [9.17, 15) is 10.2 Å². The Morgan fingerprint density at radius 2 is 1.93 bits per heavy atom. The molecule has 0 spiro atoms. The van der Waals surface area contributed by atoms with E-state index < -0.39 is 12.2 Å². The maximum Gasteiger partial charge on any atom is 0.0938 e. The topological polar surface area (TPSA) is 69.7 Å². The zero-order chi connectivity index (χ0) is 10.8. The zero-order valence-corrected chi connectivity index (χ0v) is 8.50. The van der Waals surface area contributed by atoms with Crippen LogP contribution in [0.3, 0.4) is 0 Å². The molecule has 1 heterocycles. The molecule has 2 rings (SSSR count). The molecule has 1 aliphatic heterocycles. The predicted molar refractivity (Wildman–Crippen MR) is 58.1 cm³/mol. The summed E-state index contributed by atoms with van der Waals surface area (Å²) in [4.78, 5) is 2.02. The quantitative estimate of drug-likeness (QED) is 0.589. The molecule has 0 amide bonds. The van der Waals surface area contributed by atoms with Gasteiger partial charge in [-0.2, -0.15) is 0 Å². The standard InChI is InChI=1S/C11H16N2O2/c12-9-3-1-2-8(4-9)5-13-6-10(14)11(15)7-13/h1-4,10-11,14-15H,5-7,12H2. The lowest BCUT2D eigenvalue weighted by Crippen LogP contribution is -2.22. The van der Waals surface area contributed by atoms with Crippen LogP contribution in [0.2, 0.25) is 0 Å². The van der Waals surface area contributed by atoms with Crippen LogP contribution in [0, 0.1) is 0 Å². The van der Waals surface area contributed by atoms with Gasteiger partial charge >= 0.3 is 0 Å². The van der Waals surface area contributed by atoms with Gasteiger partial charge in [0.1, 0.15) is 0 Å². The van der Waals surface area contributed by atoms with Gasteiger partial charge in [0.05, 0.1) is 12.2 Å². The van der Waals surface area contributed by atoms with Crippen molar-refractivity contribution in [2.24, 2.45) is 0 Å². The molecular formula is C11H16N2O2. The molecule has 0 aromatic heterocycles. The molecule has 82 valence electrons. The van der Waals surface area contributed by atoms with Crippen molar-refractivity contribution >= 4 is 5.69 Å². The third-order valence-corrected chi connectivity index (χ3v) is 2.69. The van der Waals surface area contributed by atoms with E-state index in [4.69, 9.17) is 5.73 Å². The molecule has 1 aromatic rings. The van der Waals surface area contributed by atoms with Crippen LogP contribution in [-0.4, -0.2) is 40.4 Å². The summed E-state index contributed by atoms with van der Waals surface area (Å²) in [6.07, 6.45) is -1.24. The Labute approximate surface area is 88.9 Å². The average Bonchev–Trinajstić information content (AvgIpc) is 2.45. The molecule has 15 heavy (non-hydrogen) atoms. The summed E-state index contributed by atoms with van der Waals surface area (Å²) < 4.78 is 0. The fourth-order valence-corrected chi connectivity index (χ4v) is 1.93. The number of hydrogen-bond acceptors (Lipinski definition) is 4. The Balaban J connectivity index is 1.98. The van der Waals surface area contributed by atoms with E-state index in [-0.39, 0.29) is 0 Å². The van der Waals surface area contributed by atoms with E-state index in [1.807, 2.05) is 29.2 Å². The van der Waals surface area contributed by atoms with E-state index >= 15 is 0 Å². The van der Waals surface area contributed by atoms with Gasteiger partial charge in [0.2, 0.25) is 0 Å². The fraction of sp³-hybridized carbons (Fsp3) is 0.455. The van der Waals surface area contributed by atoms with Crippen molar-refractivity contribution in [2.75, 3.05) is 18.8 Å². The minimum Gasteiger partial charge on any atom is -0.399 e. The lowest BCUT2D eigenvalue weighted by atomic mass is 10.2. The van der Waals surface area contributed by atoms with Crippen molar-refractivity contribution < 1.29 is 10.2 Å². The Hall–Kier alpha value is -1.10. The van der Waals surface area contributed by atoms with E-state index in [1.54, 1.807) is 0 Å². The van der Waals surface area contributed by atoms with Gasteiger partial charge in [-0.1, -0.05) is 12.1 Å². The van der Waals surface area contributed by atoms with Crippen molar-refractivity contribution in [2.45, 2.75) is 18.8 Å². The normalized spacial score (nSPS) is 27.1. The molecule has 2 unspecified atom stereocenters. The van der Waals surface area contributed by atoms with Crippen molar-refractivity contribution in [1.29, 1.82) is 0 Å². The summed E-state index contributed by atoms with van der Waals surface area (Å²) in [6.45, 7) is 1.77. The summed E-state index contributed by atoms with van der Waals surface area (Å²) in [5, 5.41) is 18.8. The molecule has 4 heteroatoms. The molecule has 4 N–H and O–H groups in total. The Bertz CT molecular complexity index is 333. The van der Waals surface area contributed by atoms with E-state index in [0.29, 0.717) is 13.1 Å². The Morgan fingerprint density at radius 1 is 1.27 bits per heavy atom. The van der Waals surface area contributed by atoms with Gasteiger partial charge in [-0.05, 0) is 17.7 Å². The highest BCUT2D eigenvalue weighted by Gasteiger charge is 2.29. The number of likely N-dealkylation sites (tertiary alicyclic amines) is 1. The SMILES string of the molecule is Nc1cccc(CN2CC(O)C(O)C2)c1. The lowest BCUT2D eigenvalue weighted by molar-refractivity contribution is 0.0572. The first-order valence-electron chi connectivity index (χ1n) is 5.08. The van der Waals surface area contributed by atoms with Crippen LogP contribution in [-0.2, 0) is 6.54 Å². The first kappa shape index (κ1) is 10.4. The molecule has 4 nitrogen and oxygen atoms in total. The molecule has 0 radical (unpaired) electrons. The minimum atomic E-state index is -0.619. The van der Waals surface area contributed by atoms with Gasteiger partial charge in [0.25, 0.3) is 0 Å². The van der Waals surface area contributed by atoms with Crippen molar-refractivity contribution in [3.05, 3.63) is 29.8 Å². The van der Waals surface area contributed by atoms with Crippen molar-refractivity contribution in [1.82, 2.24) is 4.90 Å². The summed E-state index contributed by atoms with van der Waals surface area (Å²) >= 11 is 0. The number of anilines is 1. The maximum atomic E-state index is 9.38. The third-order valence-electron chi connectivity index (χ3n) is 2.69. The number of nitrogens with zero attached hydrogens (tertiary/aromatic N) is 1. The highest BCUT2D eigenvalue weighted by atomic mass is 16.3. The molecule has 0 saturated carbocycles. The van der Waals surface area contributed by atoms with Gasteiger partial charge in [-0.15, -0.1) is 0 Å². The number of aliphatic hydroxyl groups is 2. The third kappa shape index (κ3) is 2.47. The molecule has 0 aliphatic carbocycles. The van der Waals surface area contributed by atoms with Crippen LogP contribution in [0.5, 0.6) is 0 Å². The number of nitrogens with two attached hydrogens (primary N) is 1. The van der Waals surface area contributed by atoms with Crippen LogP contribution < -0.4 is 5.73 Å². The summed E-state index contributed by atoms with van der Waals surface area (Å²) in [7, 11) is 0. The Morgan fingerprint density at radius 3 is 2.53 bits per heavy atom. The van der Waals surface area contributed by atoms with Crippen LogP contribution in [0.25, 0.3) is 0 Å². The smallest absolute Gasteiger partial charge is 0.0938 e. The predicted octanol–water partition coefficient (Wildman–Crippen LogP) is -0.194. The minimum absolute atomic E-state index is 0.524. The highest BCUT2D eigenvalue weighted by molar-refractivity contribution is 5.40. The number of hydrogen-bond donors (Lipinski definition) is 3. The monoisotopic (exact) mass is 208 g/mol. The fourth-order valence-electron chi connectivity index (χ4n) is 1.93. The molecule has 1 aromatic carbocycles. The summed E-state index contributed by atoms with van der Waals surface area (Å²) in [5.41, 5.74) is 7.52. The van der Waals surface area contributed by atoms with Crippen LogP contribution in [0.15, 0.2) is 24.3 Å². The molecule has 2 atom stereocenters. The van der Waals surface area contributed by atoms with E-state index in [2.05, 4.69) is 0 Å². The zero-order valence-electron chi connectivity index (χ0n) is 8.50. The van der Waals surface area contributed by atoms with Crippen LogP contribution >= 0.6 is 0 Å². The largest absolute Gasteiger partial charge is 0.399 e. The lowest BCUT2D eigenvalue weighted by Gasteiger charge is -2.14. The van der Waals surface area contributed by atoms with Crippen molar-refractivity contribution in [3.63, 3.8) is 0 Å². The average molecular weight is 208 g/mol. The number of β-amino-alcohol motifs (C(OH)–C–C–N with tert-alkyl or cyclic N) is 2. The number of rotatable bonds is 2. The van der Waals surface area contributed by atoms with Gasteiger partial charge in [-0.25, -0.2) is 0 Å². The second kappa shape index (κ2) is 4.18. The van der Waals surface area contributed by atoms with Gasteiger partial charge in [-0.3, -0.25) is 4.90 Å². The first-order valence-corrected chi connectivity index (χ1v) is 5.08. The highest BCUT2D eigenvalue weighted by Crippen LogP contribution is 2.15. The number of nitrogen functional groups attached to an aromatic ring is 1. The van der Waals surface area contributed by atoms with Crippen molar-refractivity contribution in [3.8, 4) is 0 Å². The maximum absolute atomic E-state index is 9.38. The van der Waals surface area contributed by atoms with E-state index in [1.165, 1.54) is 0 Å². The van der Waals surface area contributed by atoms with Crippen LogP contribution in [0.1, 0.15) is 5.56 Å². The van der Waals surface area contributed by atoms with E-state index in [0.717, 1.165) is 17.8 Å². The number of aliphatic hydroxyl groups excluding tert-OH is 2. The van der Waals surface area contributed by atoms with Gasteiger partial charge < -0.3 is 15.9 Å². The second-order valence-corrected chi connectivity index (χ2v) is 4.07. The summed E-state index contributed by atoms with van der Waals surface area (Å²) in [5.74, 6) is 0. The first-order chi connectivity index (χ1) is 7.15.